The van der Waals surface area contributed by atoms with Crippen molar-refractivity contribution in [2.75, 3.05) is 6.54 Å². The fourth-order valence-electron chi connectivity index (χ4n) is 1.15. The van der Waals surface area contributed by atoms with Gasteiger partial charge in [0, 0.05) is 0 Å². The highest BCUT2D eigenvalue weighted by Crippen LogP contribution is 2.26. The zero-order valence-corrected chi connectivity index (χ0v) is 8.90. The van der Waals surface area contributed by atoms with Gasteiger partial charge in [0.2, 0.25) is 0 Å². The number of phenolic OH excluding ortho intramolecular Hbond substituents is 2. The second kappa shape index (κ2) is 5.13. The molecule has 0 aliphatic carbocycles. The SMILES string of the molecule is O=C(NCC(O)C(F)(F)F)c1c(O)cccc1O. The number of carbonyl (C=O) groups is 1. The summed E-state index contributed by atoms with van der Waals surface area (Å²) < 4.78 is 35.9. The van der Waals surface area contributed by atoms with Crippen molar-refractivity contribution in [2.45, 2.75) is 12.3 Å². The van der Waals surface area contributed by atoms with Gasteiger partial charge in [0.1, 0.15) is 17.1 Å². The summed E-state index contributed by atoms with van der Waals surface area (Å²) in [4.78, 5) is 11.4. The van der Waals surface area contributed by atoms with Gasteiger partial charge in [-0.2, -0.15) is 13.2 Å². The van der Waals surface area contributed by atoms with Crippen LogP contribution in [-0.4, -0.2) is 40.1 Å². The summed E-state index contributed by atoms with van der Waals surface area (Å²) in [6.45, 7) is -1.07. The minimum atomic E-state index is -4.85. The van der Waals surface area contributed by atoms with Crippen LogP contribution < -0.4 is 5.32 Å². The van der Waals surface area contributed by atoms with Crippen LogP contribution in [0.2, 0.25) is 0 Å². The number of benzene rings is 1. The molecule has 0 radical (unpaired) electrons. The number of aliphatic hydroxyl groups excluding tert-OH is 1. The third kappa shape index (κ3) is 3.27. The average Bonchev–Trinajstić information content (AvgIpc) is 2.24. The molecule has 0 aliphatic heterocycles. The van der Waals surface area contributed by atoms with Gasteiger partial charge in [-0.3, -0.25) is 4.79 Å². The molecule has 0 heterocycles. The van der Waals surface area contributed by atoms with Gasteiger partial charge in [0.05, 0.1) is 6.54 Å². The number of aromatic hydroxyl groups is 2. The molecule has 0 fully saturated rings. The summed E-state index contributed by atoms with van der Waals surface area (Å²) in [6, 6.07) is 3.44. The van der Waals surface area contributed by atoms with Crippen molar-refractivity contribution in [3.8, 4) is 11.5 Å². The Morgan fingerprint density at radius 2 is 1.78 bits per heavy atom. The minimum Gasteiger partial charge on any atom is -0.507 e. The Balaban J connectivity index is 2.73. The smallest absolute Gasteiger partial charge is 0.416 e. The van der Waals surface area contributed by atoms with E-state index in [0.717, 1.165) is 12.1 Å². The first-order valence-corrected chi connectivity index (χ1v) is 4.77. The molecular formula is C10H10F3NO4. The van der Waals surface area contributed by atoms with Crippen LogP contribution in [0.5, 0.6) is 11.5 Å². The van der Waals surface area contributed by atoms with E-state index in [1.165, 1.54) is 6.07 Å². The van der Waals surface area contributed by atoms with Crippen LogP contribution in [0.3, 0.4) is 0 Å². The number of hydrogen-bond acceptors (Lipinski definition) is 4. The molecule has 1 aromatic rings. The third-order valence-electron chi connectivity index (χ3n) is 2.08. The first-order valence-electron chi connectivity index (χ1n) is 4.77. The average molecular weight is 265 g/mol. The predicted octanol–water partition coefficient (Wildman–Crippen LogP) is 0.751. The van der Waals surface area contributed by atoms with E-state index in [1.807, 2.05) is 0 Å². The van der Waals surface area contributed by atoms with Gasteiger partial charge < -0.3 is 20.6 Å². The second-order valence-electron chi connectivity index (χ2n) is 3.44. The van der Waals surface area contributed by atoms with E-state index in [2.05, 4.69) is 0 Å². The zero-order valence-electron chi connectivity index (χ0n) is 8.90. The number of carbonyl (C=O) groups excluding carboxylic acids is 1. The Kier molecular flexibility index (Phi) is 4.02. The fourth-order valence-corrected chi connectivity index (χ4v) is 1.15. The van der Waals surface area contributed by atoms with Crippen molar-refractivity contribution in [3.63, 3.8) is 0 Å². The molecule has 18 heavy (non-hydrogen) atoms. The standard InChI is InChI=1S/C10H10F3NO4/c11-10(12,13)7(17)4-14-9(18)8-5(15)2-1-3-6(8)16/h1-3,7,15-17H,4H2,(H,14,18). The summed E-state index contributed by atoms with van der Waals surface area (Å²) in [5.74, 6) is -2.27. The van der Waals surface area contributed by atoms with Gasteiger partial charge in [-0.1, -0.05) is 6.07 Å². The molecule has 1 atom stereocenters. The summed E-state index contributed by atoms with van der Waals surface area (Å²) in [6.07, 6.45) is -7.57. The van der Waals surface area contributed by atoms with Gasteiger partial charge in [-0.05, 0) is 12.1 Å². The van der Waals surface area contributed by atoms with E-state index in [0.29, 0.717) is 0 Å². The zero-order chi connectivity index (χ0) is 13.9. The molecule has 100 valence electrons. The lowest BCUT2D eigenvalue weighted by atomic mass is 10.1. The molecule has 0 bridgehead atoms. The van der Waals surface area contributed by atoms with Crippen molar-refractivity contribution in [2.24, 2.45) is 0 Å². The maximum Gasteiger partial charge on any atom is 0.416 e. The number of alkyl halides is 3. The third-order valence-corrected chi connectivity index (χ3v) is 2.08. The number of rotatable bonds is 3. The van der Waals surface area contributed by atoms with Gasteiger partial charge in [-0.15, -0.1) is 0 Å². The lowest BCUT2D eigenvalue weighted by molar-refractivity contribution is -0.201. The van der Waals surface area contributed by atoms with E-state index in [9.17, 15) is 28.2 Å². The van der Waals surface area contributed by atoms with Crippen molar-refractivity contribution < 1.29 is 33.3 Å². The maximum absolute atomic E-state index is 12.0. The van der Waals surface area contributed by atoms with E-state index in [1.54, 1.807) is 5.32 Å². The molecule has 5 nitrogen and oxygen atoms in total. The summed E-state index contributed by atoms with van der Waals surface area (Å²) >= 11 is 0. The molecule has 0 aromatic heterocycles. The molecule has 1 unspecified atom stereocenters. The maximum atomic E-state index is 12.0. The number of hydrogen-bond donors (Lipinski definition) is 4. The van der Waals surface area contributed by atoms with Gasteiger partial charge >= 0.3 is 6.18 Å². The molecule has 4 N–H and O–H groups in total. The topological polar surface area (TPSA) is 89.8 Å². The number of nitrogens with one attached hydrogen (secondary N) is 1. The Bertz CT molecular complexity index is 427. The molecule has 0 spiro atoms. The Labute approximate surface area is 99.5 Å². The molecule has 8 heteroatoms. The number of halogens is 3. The number of phenols is 2. The van der Waals surface area contributed by atoms with Crippen LogP contribution in [0.15, 0.2) is 18.2 Å². The molecular weight excluding hydrogens is 255 g/mol. The van der Waals surface area contributed by atoms with Gasteiger partial charge in [0.15, 0.2) is 6.10 Å². The summed E-state index contributed by atoms with van der Waals surface area (Å²) in [7, 11) is 0. The van der Waals surface area contributed by atoms with Crippen LogP contribution in [0, 0.1) is 0 Å². The summed E-state index contributed by atoms with van der Waals surface area (Å²) in [5.41, 5.74) is -0.549. The van der Waals surface area contributed by atoms with E-state index in [-0.39, 0.29) is 0 Å². The predicted molar refractivity (Wildman–Crippen MR) is 54.2 cm³/mol. The van der Waals surface area contributed by atoms with E-state index < -0.39 is 41.8 Å². The van der Waals surface area contributed by atoms with Crippen molar-refractivity contribution in [3.05, 3.63) is 23.8 Å². The van der Waals surface area contributed by atoms with E-state index in [4.69, 9.17) is 5.11 Å². The van der Waals surface area contributed by atoms with Crippen LogP contribution in [-0.2, 0) is 0 Å². The van der Waals surface area contributed by atoms with Crippen LogP contribution in [0.4, 0.5) is 13.2 Å². The van der Waals surface area contributed by atoms with Crippen molar-refractivity contribution >= 4 is 5.91 Å². The largest absolute Gasteiger partial charge is 0.507 e. The quantitative estimate of drug-likeness (QED) is 0.649. The molecule has 0 saturated heterocycles. The molecule has 1 amide bonds. The molecule has 1 aromatic carbocycles. The highest BCUT2D eigenvalue weighted by molar-refractivity contribution is 5.99. The highest BCUT2D eigenvalue weighted by Gasteiger charge is 2.38. The lowest BCUT2D eigenvalue weighted by Crippen LogP contribution is -2.40. The molecule has 0 aliphatic rings. The Morgan fingerprint density at radius 3 is 2.22 bits per heavy atom. The molecule has 1 rings (SSSR count). The monoisotopic (exact) mass is 265 g/mol. The number of aliphatic hydroxyl groups is 1. The Morgan fingerprint density at radius 1 is 1.28 bits per heavy atom. The normalized spacial score (nSPS) is 13.1. The summed E-state index contributed by atoms with van der Waals surface area (Å²) in [5, 5.41) is 29.0. The minimum absolute atomic E-state index is 0.549. The van der Waals surface area contributed by atoms with Crippen molar-refractivity contribution in [1.82, 2.24) is 5.32 Å². The van der Waals surface area contributed by atoms with Crippen molar-refractivity contribution in [1.29, 1.82) is 0 Å². The molecule has 0 saturated carbocycles. The fraction of sp³-hybridized carbons (Fsp3) is 0.300. The number of amides is 1. The van der Waals surface area contributed by atoms with E-state index >= 15 is 0 Å². The second-order valence-corrected chi connectivity index (χ2v) is 3.44. The Hall–Kier alpha value is -1.96. The lowest BCUT2D eigenvalue weighted by Gasteiger charge is -2.15. The van der Waals surface area contributed by atoms with Gasteiger partial charge in [0.25, 0.3) is 5.91 Å². The van der Waals surface area contributed by atoms with Gasteiger partial charge in [-0.25, -0.2) is 0 Å². The van der Waals surface area contributed by atoms with Crippen LogP contribution >= 0.6 is 0 Å². The highest BCUT2D eigenvalue weighted by atomic mass is 19.4. The van der Waals surface area contributed by atoms with Crippen LogP contribution in [0.25, 0.3) is 0 Å². The first-order chi connectivity index (χ1) is 8.23. The first kappa shape index (κ1) is 14.1. The van der Waals surface area contributed by atoms with Crippen LogP contribution in [0.1, 0.15) is 10.4 Å².